The van der Waals surface area contributed by atoms with Crippen molar-refractivity contribution in [3.05, 3.63) is 27.0 Å². The average molecular weight is 394 g/mol. The predicted octanol–water partition coefficient (Wildman–Crippen LogP) is 4.24. The molecule has 0 unspecified atom stereocenters. The first kappa shape index (κ1) is 19.6. The van der Waals surface area contributed by atoms with Crippen LogP contribution < -0.4 is 5.32 Å². The maximum absolute atomic E-state index is 6.36. The summed E-state index contributed by atoms with van der Waals surface area (Å²) in [6.45, 7) is 4.07. The highest BCUT2D eigenvalue weighted by molar-refractivity contribution is 6.43. The van der Waals surface area contributed by atoms with Crippen molar-refractivity contribution in [1.82, 2.24) is 15.2 Å². The van der Waals surface area contributed by atoms with Crippen LogP contribution in [0.25, 0.3) is 0 Å². The Labute approximate surface area is 152 Å². The summed E-state index contributed by atoms with van der Waals surface area (Å²) in [6, 6.07) is 0.280. The zero-order valence-corrected chi connectivity index (χ0v) is 15.2. The van der Waals surface area contributed by atoms with E-state index in [1.807, 2.05) is 0 Å². The first-order valence-electron chi connectivity index (χ1n) is 6.62. The predicted molar refractivity (Wildman–Crippen MR) is 93.7 cm³/mol. The third-order valence-electron chi connectivity index (χ3n) is 3.88. The fourth-order valence-corrected chi connectivity index (χ4v) is 3.53. The van der Waals surface area contributed by atoms with Crippen molar-refractivity contribution < 1.29 is 0 Å². The van der Waals surface area contributed by atoms with Crippen LogP contribution in [0.3, 0.4) is 0 Å². The van der Waals surface area contributed by atoms with Crippen molar-refractivity contribution in [3.63, 3.8) is 0 Å². The van der Waals surface area contributed by atoms with Gasteiger partial charge >= 0.3 is 0 Å². The van der Waals surface area contributed by atoms with E-state index in [1.165, 1.54) is 12.8 Å². The molecule has 0 aromatic carbocycles. The van der Waals surface area contributed by atoms with Gasteiger partial charge in [0.15, 0.2) is 0 Å². The number of halogens is 5. The number of rotatable bonds is 3. The molecular weight excluding hydrogens is 375 g/mol. The van der Waals surface area contributed by atoms with E-state index in [9.17, 15) is 0 Å². The highest BCUT2D eigenvalue weighted by Gasteiger charge is 2.39. The molecule has 1 aliphatic heterocycles. The molecule has 2 fully saturated rings. The molecule has 21 heavy (non-hydrogen) atoms. The topological polar surface area (TPSA) is 28.2 Å². The van der Waals surface area contributed by atoms with Crippen LogP contribution >= 0.6 is 59.6 Å². The maximum atomic E-state index is 6.36. The second-order valence-corrected chi connectivity index (χ2v) is 6.34. The fourth-order valence-electron chi connectivity index (χ4n) is 2.82. The van der Waals surface area contributed by atoms with E-state index in [-0.39, 0.29) is 30.9 Å². The molecule has 0 amide bonds. The summed E-state index contributed by atoms with van der Waals surface area (Å²) >= 11 is 18.8. The van der Waals surface area contributed by atoms with Gasteiger partial charge in [-0.2, -0.15) is 0 Å². The third kappa shape index (κ3) is 4.29. The number of piperazine rings is 1. The molecule has 1 saturated heterocycles. The van der Waals surface area contributed by atoms with Crippen LogP contribution in [-0.4, -0.2) is 36.1 Å². The highest BCUT2D eigenvalue weighted by Crippen LogP contribution is 2.49. The molecule has 1 aliphatic carbocycles. The lowest BCUT2D eigenvalue weighted by Crippen LogP contribution is -2.45. The Kier molecular flexibility index (Phi) is 7.82. The Morgan fingerprint density at radius 2 is 1.76 bits per heavy atom. The first-order valence-corrected chi connectivity index (χ1v) is 7.76. The van der Waals surface area contributed by atoms with E-state index in [0.29, 0.717) is 21.1 Å². The highest BCUT2D eigenvalue weighted by atomic mass is 35.5. The van der Waals surface area contributed by atoms with Gasteiger partial charge in [-0.25, -0.2) is 4.98 Å². The summed E-state index contributed by atoms with van der Waals surface area (Å²) in [5.41, 5.74) is 0.965. The van der Waals surface area contributed by atoms with Gasteiger partial charge in [0.2, 0.25) is 0 Å². The molecule has 3 nitrogen and oxygen atoms in total. The summed E-state index contributed by atoms with van der Waals surface area (Å²) in [4.78, 5) is 6.49. The van der Waals surface area contributed by atoms with Crippen LogP contribution in [0, 0.1) is 5.92 Å². The fraction of sp³-hybridized carbons (Fsp3) is 0.615. The second kappa shape index (κ2) is 8.39. The van der Waals surface area contributed by atoms with E-state index < -0.39 is 0 Å². The van der Waals surface area contributed by atoms with E-state index in [1.54, 1.807) is 6.20 Å². The number of nitrogens with zero attached hydrogens (tertiary/aromatic N) is 2. The van der Waals surface area contributed by atoms with Gasteiger partial charge in [-0.15, -0.1) is 24.8 Å². The Hall–Kier alpha value is 0.520. The van der Waals surface area contributed by atoms with Crippen molar-refractivity contribution in [1.29, 1.82) is 0 Å². The van der Waals surface area contributed by atoms with Gasteiger partial charge in [0, 0.05) is 44.0 Å². The van der Waals surface area contributed by atoms with Gasteiger partial charge in [0.05, 0.1) is 10.0 Å². The summed E-state index contributed by atoms with van der Waals surface area (Å²) in [5.74, 6) is 0.645. The van der Waals surface area contributed by atoms with E-state index in [2.05, 4.69) is 15.2 Å². The zero-order valence-electron chi connectivity index (χ0n) is 11.3. The molecule has 3 rings (SSSR count). The van der Waals surface area contributed by atoms with Crippen LogP contribution in [0.2, 0.25) is 15.2 Å². The van der Waals surface area contributed by atoms with Gasteiger partial charge in [0.1, 0.15) is 5.15 Å². The van der Waals surface area contributed by atoms with Crippen molar-refractivity contribution in [2.75, 3.05) is 26.2 Å². The van der Waals surface area contributed by atoms with Crippen LogP contribution in [0.1, 0.15) is 24.4 Å². The number of pyridine rings is 1. The molecule has 1 aromatic heterocycles. The minimum atomic E-state index is 0. The number of nitrogens with one attached hydrogen (secondary N) is 1. The molecule has 0 bridgehead atoms. The molecule has 0 radical (unpaired) electrons. The normalized spacial score (nSPS) is 20.3. The van der Waals surface area contributed by atoms with Crippen LogP contribution in [-0.2, 0) is 0 Å². The quantitative estimate of drug-likeness (QED) is 0.779. The van der Waals surface area contributed by atoms with Crippen LogP contribution in [0.4, 0.5) is 0 Å². The Bertz CT molecular complexity index is 475. The SMILES string of the molecule is Cl.Cl.Clc1cnc(Cl)c(Cl)c1[C@H](C1CC1)N1CCNCC1. The van der Waals surface area contributed by atoms with Gasteiger partial charge < -0.3 is 5.32 Å². The molecule has 8 heteroatoms. The molecule has 1 atom stereocenters. The molecule has 2 heterocycles. The molecule has 120 valence electrons. The third-order valence-corrected chi connectivity index (χ3v) is 4.94. The van der Waals surface area contributed by atoms with Crippen LogP contribution in [0.15, 0.2) is 6.20 Å². The van der Waals surface area contributed by atoms with Gasteiger partial charge in [-0.3, -0.25) is 4.90 Å². The Balaban J connectivity index is 0.00000110. The molecule has 0 spiro atoms. The molecule has 1 saturated carbocycles. The second-order valence-electron chi connectivity index (χ2n) is 5.19. The smallest absolute Gasteiger partial charge is 0.148 e. The zero-order chi connectivity index (χ0) is 13.4. The van der Waals surface area contributed by atoms with Crippen molar-refractivity contribution in [3.8, 4) is 0 Å². The Morgan fingerprint density at radius 3 is 2.33 bits per heavy atom. The van der Waals surface area contributed by atoms with E-state index in [4.69, 9.17) is 34.8 Å². The average Bonchev–Trinajstić information content (AvgIpc) is 3.24. The summed E-state index contributed by atoms with van der Waals surface area (Å²) in [6.07, 6.45) is 4.09. The van der Waals surface area contributed by atoms with Crippen molar-refractivity contribution >= 4 is 59.6 Å². The Morgan fingerprint density at radius 1 is 1.14 bits per heavy atom. The molecule has 1 aromatic rings. The number of hydrogen-bond donors (Lipinski definition) is 1. The molecule has 1 N–H and O–H groups in total. The van der Waals surface area contributed by atoms with Gasteiger partial charge in [-0.05, 0) is 18.8 Å². The lowest BCUT2D eigenvalue weighted by Gasteiger charge is -2.36. The van der Waals surface area contributed by atoms with Crippen LogP contribution in [0.5, 0.6) is 0 Å². The summed E-state index contributed by atoms with van der Waals surface area (Å²) < 4.78 is 0. The minimum Gasteiger partial charge on any atom is -0.314 e. The van der Waals surface area contributed by atoms with Crippen molar-refractivity contribution in [2.24, 2.45) is 5.92 Å². The van der Waals surface area contributed by atoms with Gasteiger partial charge in [0.25, 0.3) is 0 Å². The largest absolute Gasteiger partial charge is 0.314 e. The lowest BCUT2D eigenvalue weighted by atomic mass is 10.0. The number of aromatic nitrogens is 1. The number of hydrogen-bond acceptors (Lipinski definition) is 3. The summed E-state index contributed by atoms with van der Waals surface area (Å²) in [7, 11) is 0. The van der Waals surface area contributed by atoms with Gasteiger partial charge in [-0.1, -0.05) is 34.8 Å². The van der Waals surface area contributed by atoms with Crippen molar-refractivity contribution in [2.45, 2.75) is 18.9 Å². The van der Waals surface area contributed by atoms with E-state index >= 15 is 0 Å². The monoisotopic (exact) mass is 391 g/mol. The molecule has 2 aliphatic rings. The standard InChI is InChI=1S/C13H16Cl3N3.2ClH/c14-9-7-18-13(16)11(15)10(9)12(8-1-2-8)19-5-3-17-4-6-19;;/h7-8,12,17H,1-6H2;2*1H/t12-;;/m0../s1. The first-order chi connectivity index (χ1) is 9.18. The lowest BCUT2D eigenvalue weighted by molar-refractivity contribution is 0.156. The summed E-state index contributed by atoms with van der Waals surface area (Å²) in [5, 5.41) is 4.87. The minimum absolute atomic E-state index is 0. The maximum Gasteiger partial charge on any atom is 0.148 e. The van der Waals surface area contributed by atoms with E-state index in [0.717, 1.165) is 31.7 Å². The molecular formula is C13H18Cl5N3.